The Bertz CT molecular complexity index is 841. The van der Waals surface area contributed by atoms with E-state index in [2.05, 4.69) is 15.4 Å². The van der Waals surface area contributed by atoms with Crippen molar-refractivity contribution in [2.45, 2.75) is 6.92 Å². The average molecular weight is 284 g/mol. The summed E-state index contributed by atoms with van der Waals surface area (Å²) in [4.78, 5) is 16.4. The molecule has 2 aromatic heterocycles. The summed E-state index contributed by atoms with van der Waals surface area (Å²) in [5.74, 6) is -0.879. The van der Waals surface area contributed by atoms with Crippen LogP contribution in [0, 0.1) is 12.7 Å². The highest BCUT2D eigenvalue weighted by atomic mass is 19.1. The van der Waals surface area contributed by atoms with E-state index in [9.17, 15) is 9.18 Å². The van der Waals surface area contributed by atoms with Gasteiger partial charge < -0.3 is 5.32 Å². The molecule has 3 rings (SSSR count). The van der Waals surface area contributed by atoms with E-state index in [0.29, 0.717) is 11.2 Å². The predicted octanol–water partition coefficient (Wildman–Crippen LogP) is 2.67. The highest BCUT2D eigenvalue weighted by molar-refractivity contribution is 6.05. The van der Waals surface area contributed by atoms with E-state index in [0.717, 1.165) is 11.1 Å². The van der Waals surface area contributed by atoms with E-state index in [-0.39, 0.29) is 5.69 Å². The number of pyridine rings is 1. The molecule has 6 heteroatoms. The first-order chi connectivity index (χ1) is 10.1. The number of benzene rings is 1. The van der Waals surface area contributed by atoms with Crippen molar-refractivity contribution in [3.8, 4) is 0 Å². The van der Waals surface area contributed by atoms with Gasteiger partial charge in [0.05, 0.1) is 16.9 Å². The van der Waals surface area contributed by atoms with Gasteiger partial charge in [0.15, 0.2) is 5.65 Å². The number of rotatable bonds is 2. The largest absolute Gasteiger partial charge is 0.319 e. The van der Waals surface area contributed by atoms with E-state index >= 15 is 0 Å². The number of hydrogen-bond acceptors (Lipinski definition) is 3. The summed E-state index contributed by atoms with van der Waals surface area (Å²) in [7, 11) is 1.79. The smallest absolute Gasteiger partial charge is 0.257 e. The van der Waals surface area contributed by atoms with Gasteiger partial charge >= 0.3 is 0 Å². The fourth-order valence-corrected chi connectivity index (χ4v) is 2.19. The van der Waals surface area contributed by atoms with Crippen LogP contribution in [0.4, 0.5) is 10.1 Å². The van der Waals surface area contributed by atoms with E-state index < -0.39 is 11.7 Å². The van der Waals surface area contributed by atoms with Crippen molar-refractivity contribution < 1.29 is 9.18 Å². The lowest BCUT2D eigenvalue weighted by Crippen LogP contribution is -2.13. The summed E-state index contributed by atoms with van der Waals surface area (Å²) < 4.78 is 15.2. The molecule has 1 aromatic carbocycles. The van der Waals surface area contributed by atoms with Crippen LogP contribution in [0.5, 0.6) is 0 Å². The molecule has 0 radical (unpaired) electrons. The summed E-state index contributed by atoms with van der Waals surface area (Å²) >= 11 is 0. The molecule has 5 nitrogen and oxygen atoms in total. The summed E-state index contributed by atoms with van der Waals surface area (Å²) in [6, 6.07) is 7.74. The molecule has 0 aliphatic carbocycles. The Labute approximate surface area is 120 Å². The zero-order chi connectivity index (χ0) is 15.0. The molecule has 3 aromatic rings. The summed E-state index contributed by atoms with van der Waals surface area (Å²) in [5, 5.41) is 7.59. The van der Waals surface area contributed by atoms with Crippen molar-refractivity contribution in [3.63, 3.8) is 0 Å². The number of anilines is 1. The number of amides is 1. The Hall–Kier alpha value is -2.76. The van der Waals surface area contributed by atoms with Gasteiger partial charge in [0.25, 0.3) is 5.91 Å². The topological polar surface area (TPSA) is 59.8 Å². The van der Waals surface area contributed by atoms with E-state index in [1.165, 1.54) is 18.3 Å². The number of aromatic nitrogens is 3. The van der Waals surface area contributed by atoms with Gasteiger partial charge in [-0.1, -0.05) is 12.1 Å². The maximum Gasteiger partial charge on any atom is 0.257 e. The van der Waals surface area contributed by atoms with Crippen LogP contribution in [-0.2, 0) is 7.05 Å². The highest BCUT2D eigenvalue weighted by Crippen LogP contribution is 2.18. The number of para-hydroxylation sites is 1. The number of hydrogen-bond donors (Lipinski definition) is 1. The Kier molecular flexibility index (Phi) is 3.13. The SMILES string of the molecule is Cc1nn(C)c2ncc(C(=O)Nc3ccccc3F)cc12. The normalized spacial score (nSPS) is 10.8. The predicted molar refractivity (Wildman–Crippen MR) is 77.6 cm³/mol. The zero-order valence-corrected chi connectivity index (χ0v) is 11.6. The van der Waals surface area contributed by atoms with Crippen molar-refractivity contribution in [1.82, 2.24) is 14.8 Å². The zero-order valence-electron chi connectivity index (χ0n) is 11.6. The summed E-state index contributed by atoms with van der Waals surface area (Å²) in [6.07, 6.45) is 1.46. The van der Waals surface area contributed by atoms with Gasteiger partial charge in [-0.25, -0.2) is 9.37 Å². The van der Waals surface area contributed by atoms with Crippen LogP contribution in [0.25, 0.3) is 11.0 Å². The third kappa shape index (κ3) is 2.35. The lowest BCUT2D eigenvalue weighted by molar-refractivity contribution is 0.102. The Morgan fingerprint density at radius 3 is 2.86 bits per heavy atom. The van der Waals surface area contributed by atoms with Crippen molar-refractivity contribution >= 4 is 22.6 Å². The monoisotopic (exact) mass is 284 g/mol. The molecule has 0 unspecified atom stereocenters. The Morgan fingerprint density at radius 1 is 1.33 bits per heavy atom. The number of carbonyl (C=O) groups excluding carboxylic acids is 1. The lowest BCUT2D eigenvalue weighted by atomic mass is 10.2. The van der Waals surface area contributed by atoms with E-state index in [1.54, 1.807) is 29.9 Å². The minimum Gasteiger partial charge on any atom is -0.319 e. The second-order valence-corrected chi connectivity index (χ2v) is 4.74. The number of fused-ring (bicyclic) bond motifs is 1. The fraction of sp³-hybridized carbons (Fsp3) is 0.133. The number of nitrogens with one attached hydrogen (secondary N) is 1. The van der Waals surface area contributed by atoms with Crippen LogP contribution >= 0.6 is 0 Å². The first-order valence-electron chi connectivity index (χ1n) is 6.41. The van der Waals surface area contributed by atoms with Gasteiger partial charge in [-0.15, -0.1) is 0 Å². The van der Waals surface area contributed by atoms with Gasteiger partial charge in [0.2, 0.25) is 0 Å². The molecule has 0 bridgehead atoms. The van der Waals surface area contributed by atoms with Crippen LogP contribution in [0.1, 0.15) is 16.1 Å². The van der Waals surface area contributed by atoms with Gasteiger partial charge in [-0.05, 0) is 25.1 Å². The molecule has 0 spiro atoms. The molecule has 0 aliphatic rings. The maximum absolute atomic E-state index is 13.5. The number of halogens is 1. The first-order valence-corrected chi connectivity index (χ1v) is 6.41. The second-order valence-electron chi connectivity index (χ2n) is 4.74. The number of aryl methyl sites for hydroxylation is 2. The summed E-state index contributed by atoms with van der Waals surface area (Å²) in [5.41, 5.74) is 2.00. The lowest BCUT2D eigenvalue weighted by Gasteiger charge is -2.06. The number of carbonyl (C=O) groups is 1. The fourth-order valence-electron chi connectivity index (χ4n) is 2.19. The summed E-state index contributed by atoms with van der Waals surface area (Å²) in [6.45, 7) is 1.85. The molecule has 2 heterocycles. The van der Waals surface area contributed by atoms with Crippen LogP contribution in [0.3, 0.4) is 0 Å². The molecule has 0 aliphatic heterocycles. The molecule has 1 amide bonds. The standard InChI is InChI=1S/C15H13FN4O/c1-9-11-7-10(8-17-14(11)20(2)19-9)15(21)18-13-6-4-3-5-12(13)16/h3-8H,1-2H3,(H,18,21). The van der Waals surface area contributed by atoms with E-state index in [4.69, 9.17) is 0 Å². The van der Waals surface area contributed by atoms with Crippen molar-refractivity contribution in [1.29, 1.82) is 0 Å². The van der Waals surface area contributed by atoms with Crippen molar-refractivity contribution in [2.75, 3.05) is 5.32 Å². The average Bonchev–Trinajstić information content (AvgIpc) is 2.76. The van der Waals surface area contributed by atoms with Crippen LogP contribution < -0.4 is 5.32 Å². The van der Waals surface area contributed by atoms with E-state index in [1.807, 2.05) is 6.92 Å². The first kappa shape index (κ1) is 13.2. The minimum absolute atomic E-state index is 0.144. The quantitative estimate of drug-likeness (QED) is 0.787. The molecule has 0 fully saturated rings. The molecule has 1 N–H and O–H groups in total. The maximum atomic E-state index is 13.5. The third-order valence-corrected chi connectivity index (χ3v) is 3.25. The second kappa shape index (κ2) is 4.97. The van der Waals surface area contributed by atoms with Gasteiger partial charge in [0.1, 0.15) is 5.82 Å². The van der Waals surface area contributed by atoms with Crippen LogP contribution in [0.15, 0.2) is 36.5 Å². The minimum atomic E-state index is -0.475. The van der Waals surface area contributed by atoms with Crippen molar-refractivity contribution in [3.05, 3.63) is 53.6 Å². The van der Waals surface area contributed by atoms with Crippen LogP contribution in [-0.4, -0.2) is 20.7 Å². The molecule has 106 valence electrons. The Balaban J connectivity index is 1.95. The van der Waals surface area contributed by atoms with Crippen molar-refractivity contribution in [2.24, 2.45) is 7.05 Å². The molecule has 0 saturated heterocycles. The van der Waals surface area contributed by atoms with Gasteiger partial charge in [-0.2, -0.15) is 5.10 Å². The third-order valence-electron chi connectivity index (χ3n) is 3.25. The highest BCUT2D eigenvalue weighted by Gasteiger charge is 2.13. The molecular weight excluding hydrogens is 271 g/mol. The van der Waals surface area contributed by atoms with Gasteiger partial charge in [0, 0.05) is 18.6 Å². The molecular formula is C15H13FN4O. The number of nitrogens with zero attached hydrogens (tertiary/aromatic N) is 3. The van der Waals surface area contributed by atoms with Gasteiger partial charge in [-0.3, -0.25) is 9.48 Å². The molecule has 0 saturated carbocycles. The molecule has 21 heavy (non-hydrogen) atoms. The molecule has 0 atom stereocenters. The Morgan fingerprint density at radius 2 is 2.10 bits per heavy atom. The van der Waals surface area contributed by atoms with Crippen LogP contribution in [0.2, 0.25) is 0 Å².